The highest BCUT2D eigenvalue weighted by molar-refractivity contribution is 5.92. The fraction of sp³-hybridized carbons (Fsp3) is 0.583. The van der Waals surface area contributed by atoms with Gasteiger partial charge in [0.2, 0.25) is 0 Å². The van der Waals surface area contributed by atoms with Crippen LogP contribution in [0.1, 0.15) is 62.4 Å². The molecule has 1 N–H and O–H groups in total. The van der Waals surface area contributed by atoms with Gasteiger partial charge in [-0.15, -0.1) is 0 Å². The number of aromatic nitrogens is 2. The third-order valence-electron chi connectivity index (χ3n) is 7.52. The largest absolute Gasteiger partial charge is 0.471 e. The molecule has 6 rings (SSSR count). The van der Waals surface area contributed by atoms with Crippen LogP contribution >= 0.6 is 0 Å². The first-order chi connectivity index (χ1) is 14.1. The van der Waals surface area contributed by atoms with Gasteiger partial charge < -0.3 is 10.1 Å². The van der Waals surface area contributed by atoms with E-state index in [4.69, 9.17) is 4.74 Å². The molecule has 4 bridgehead atoms. The van der Waals surface area contributed by atoms with Crippen LogP contribution in [0.3, 0.4) is 0 Å². The van der Waals surface area contributed by atoms with Crippen molar-refractivity contribution >= 4 is 5.91 Å². The number of hydrogen-bond donors (Lipinski definition) is 1. The van der Waals surface area contributed by atoms with Crippen LogP contribution < -0.4 is 10.1 Å². The summed E-state index contributed by atoms with van der Waals surface area (Å²) in [6.07, 6.45) is 11.0. The topological polar surface area (TPSA) is 56.2 Å². The average Bonchev–Trinajstić information content (AvgIpc) is 3.19. The molecule has 1 unspecified atom stereocenters. The van der Waals surface area contributed by atoms with Crippen molar-refractivity contribution in [2.45, 2.75) is 64.6 Å². The molecule has 4 fully saturated rings. The number of amides is 1. The molecule has 0 spiro atoms. The molecule has 1 heterocycles. The molecule has 1 amide bonds. The number of para-hydroxylation sites is 1. The first-order valence-electron chi connectivity index (χ1n) is 11.2. The average molecular weight is 394 g/mol. The van der Waals surface area contributed by atoms with E-state index in [2.05, 4.69) is 17.3 Å². The molecule has 4 aliphatic carbocycles. The summed E-state index contributed by atoms with van der Waals surface area (Å²) in [4.78, 5) is 13.0. The molecule has 1 aromatic heterocycles. The molecule has 0 saturated heterocycles. The monoisotopic (exact) mass is 393 g/mol. The standard InChI is InChI=1S/C24H31N3O2/c1-2-22(24-13-17-10-18(14-24)12-19(11-17)15-24)25-23(28)21-8-9-27(26-21)16-29-20-6-4-3-5-7-20/h3-9,17-19,22H,2,10-16H2,1H3,(H,25,28). The number of carbonyl (C=O) groups is 1. The fourth-order valence-corrected chi connectivity index (χ4v) is 6.74. The van der Waals surface area contributed by atoms with Crippen LogP contribution in [0.25, 0.3) is 0 Å². The molecule has 5 heteroatoms. The van der Waals surface area contributed by atoms with Gasteiger partial charge in [-0.2, -0.15) is 5.10 Å². The highest BCUT2D eigenvalue weighted by Gasteiger charge is 2.54. The summed E-state index contributed by atoms with van der Waals surface area (Å²) < 4.78 is 7.39. The van der Waals surface area contributed by atoms with Crippen molar-refractivity contribution in [2.75, 3.05) is 0 Å². The van der Waals surface area contributed by atoms with E-state index in [0.29, 0.717) is 17.8 Å². The molecular formula is C24H31N3O2. The summed E-state index contributed by atoms with van der Waals surface area (Å²) in [6, 6.07) is 11.7. The predicted molar refractivity (Wildman–Crippen MR) is 111 cm³/mol. The van der Waals surface area contributed by atoms with Crippen molar-refractivity contribution in [1.29, 1.82) is 0 Å². The molecule has 0 aliphatic heterocycles. The van der Waals surface area contributed by atoms with Crippen LogP contribution in [0.5, 0.6) is 5.75 Å². The van der Waals surface area contributed by atoms with Gasteiger partial charge in [0.15, 0.2) is 6.73 Å². The number of carbonyl (C=O) groups excluding carboxylic acids is 1. The summed E-state index contributed by atoms with van der Waals surface area (Å²) in [5.74, 6) is 3.41. The minimum atomic E-state index is -0.0499. The maximum absolute atomic E-state index is 13.0. The molecule has 2 aromatic rings. The van der Waals surface area contributed by atoms with Crippen LogP contribution in [-0.4, -0.2) is 21.7 Å². The second kappa shape index (κ2) is 7.51. The van der Waals surface area contributed by atoms with Gasteiger partial charge in [-0.1, -0.05) is 25.1 Å². The number of hydrogen-bond acceptors (Lipinski definition) is 3. The molecule has 5 nitrogen and oxygen atoms in total. The predicted octanol–water partition coefficient (Wildman–Crippen LogP) is 4.64. The van der Waals surface area contributed by atoms with E-state index < -0.39 is 0 Å². The molecular weight excluding hydrogens is 362 g/mol. The number of ether oxygens (including phenoxy) is 1. The summed E-state index contributed by atoms with van der Waals surface area (Å²) in [6.45, 7) is 2.51. The molecule has 4 aliphatic rings. The van der Waals surface area contributed by atoms with Crippen LogP contribution in [0.2, 0.25) is 0 Å². The minimum Gasteiger partial charge on any atom is -0.471 e. The molecule has 1 aromatic carbocycles. The van der Waals surface area contributed by atoms with Gasteiger partial charge in [-0.3, -0.25) is 4.79 Å². The lowest BCUT2D eigenvalue weighted by Crippen LogP contribution is -2.56. The van der Waals surface area contributed by atoms with Crippen molar-refractivity contribution < 1.29 is 9.53 Å². The van der Waals surface area contributed by atoms with Crippen molar-refractivity contribution in [3.63, 3.8) is 0 Å². The third-order valence-corrected chi connectivity index (χ3v) is 7.52. The Labute approximate surface area is 172 Å². The highest BCUT2D eigenvalue weighted by atomic mass is 16.5. The first kappa shape index (κ1) is 18.7. The lowest BCUT2D eigenvalue weighted by atomic mass is 9.47. The van der Waals surface area contributed by atoms with Gasteiger partial charge in [-0.25, -0.2) is 4.68 Å². The van der Waals surface area contributed by atoms with Crippen LogP contribution in [0.4, 0.5) is 0 Å². The van der Waals surface area contributed by atoms with E-state index in [1.165, 1.54) is 38.5 Å². The Morgan fingerprint density at radius 2 is 1.79 bits per heavy atom. The number of nitrogens with one attached hydrogen (secondary N) is 1. The number of nitrogens with zero attached hydrogens (tertiary/aromatic N) is 2. The zero-order chi connectivity index (χ0) is 19.8. The summed E-state index contributed by atoms with van der Waals surface area (Å²) in [5, 5.41) is 7.81. The van der Waals surface area contributed by atoms with Gasteiger partial charge in [0.05, 0.1) is 0 Å². The Morgan fingerprint density at radius 3 is 2.41 bits per heavy atom. The molecule has 154 valence electrons. The lowest BCUT2D eigenvalue weighted by Gasteiger charge is -2.59. The normalized spacial score (nSPS) is 30.9. The van der Waals surface area contributed by atoms with Crippen LogP contribution in [0, 0.1) is 23.2 Å². The van der Waals surface area contributed by atoms with E-state index in [1.54, 1.807) is 10.7 Å². The molecule has 1 atom stereocenters. The van der Waals surface area contributed by atoms with Gasteiger partial charge in [-0.05, 0) is 86.3 Å². The second-order valence-electron chi connectivity index (χ2n) is 9.54. The van der Waals surface area contributed by atoms with E-state index in [9.17, 15) is 4.79 Å². The van der Waals surface area contributed by atoms with Gasteiger partial charge in [0.25, 0.3) is 5.91 Å². The lowest BCUT2D eigenvalue weighted by molar-refractivity contribution is -0.0727. The third kappa shape index (κ3) is 3.67. The summed E-state index contributed by atoms with van der Waals surface area (Å²) >= 11 is 0. The Bertz CT molecular complexity index is 825. The molecule has 0 radical (unpaired) electrons. The van der Waals surface area contributed by atoms with E-state index >= 15 is 0 Å². The Kier molecular flexibility index (Phi) is 4.84. The number of benzene rings is 1. The zero-order valence-corrected chi connectivity index (χ0v) is 17.2. The van der Waals surface area contributed by atoms with Gasteiger partial charge in [0.1, 0.15) is 11.4 Å². The maximum Gasteiger partial charge on any atom is 0.272 e. The Balaban J connectivity index is 1.23. The zero-order valence-electron chi connectivity index (χ0n) is 17.2. The Hall–Kier alpha value is -2.30. The smallest absolute Gasteiger partial charge is 0.272 e. The van der Waals surface area contributed by atoms with Crippen LogP contribution in [-0.2, 0) is 6.73 Å². The van der Waals surface area contributed by atoms with Crippen molar-refractivity contribution in [3.8, 4) is 5.75 Å². The SMILES string of the molecule is CCC(NC(=O)c1ccn(COc2ccccc2)n1)C12CC3CC(CC(C3)C1)C2. The van der Waals surface area contributed by atoms with E-state index in [0.717, 1.165) is 29.9 Å². The Morgan fingerprint density at radius 1 is 1.14 bits per heavy atom. The molecule has 29 heavy (non-hydrogen) atoms. The van der Waals surface area contributed by atoms with Gasteiger partial charge in [0, 0.05) is 12.2 Å². The van der Waals surface area contributed by atoms with E-state index in [-0.39, 0.29) is 11.9 Å². The summed E-state index contributed by atoms with van der Waals surface area (Å²) in [7, 11) is 0. The van der Waals surface area contributed by atoms with Crippen LogP contribution in [0.15, 0.2) is 42.6 Å². The quantitative estimate of drug-likeness (QED) is 0.745. The fourth-order valence-electron chi connectivity index (χ4n) is 6.74. The second-order valence-corrected chi connectivity index (χ2v) is 9.54. The van der Waals surface area contributed by atoms with Crippen molar-refractivity contribution in [2.24, 2.45) is 23.2 Å². The number of rotatable bonds is 7. The van der Waals surface area contributed by atoms with Crippen molar-refractivity contribution in [3.05, 3.63) is 48.3 Å². The van der Waals surface area contributed by atoms with Crippen molar-refractivity contribution in [1.82, 2.24) is 15.1 Å². The minimum absolute atomic E-state index is 0.0499. The van der Waals surface area contributed by atoms with Gasteiger partial charge >= 0.3 is 0 Å². The maximum atomic E-state index is 13.0. The molecule has 4 saturated carbocycles. The summed E-state index contributed by atoms with van der Waals surface area (Å²) in [5.41, 5.74) is 0.794. The van der Waals surface area contributed by atoms with E-state index in [1.807, 2.05) is 36.5 Å². The first-order valence-corrected chi connectivity index (χ1v) is 11.2. The highest BCUT2D eigenvalue weighted by Crippen LogP contribution is 2.61.